The quantitative estimate of drug-likeness (QED) is 0.900. The predicted molar refractivity (Wildman–Crippen MR) is 88.7 cm³/mol. The minimum Gasteiger partial charge on any atom is -0.345 e. The Hall–Kier alpha value is -2.71. The molecule has 1 aliphatic carbocycles. The number of carbonyl (C=O) groups excluding carboxylic acids is 1. The van der Waals surface area contributed by atoms with Gasteiger partial charge in [0.2, 0.25) is 5.95 Å². The number of carbonyl (C=O) groups is 1. The Morgan fingerprint density at radius 3 is 2.38 bits per heavy atom. The van der Waals surface area contributed by atoms with Crippen LogP contribution in [0.3, 0.4) is 0 Å². The highest BCUT2D eigenvalue weighted by molar-refractivity contribution is 5.93. The lowest BCUT2D eigenvalue weighted by Crippen LogP contribution is -2.45. The highest BCUT2D eigenvalue weighted by Gasteiger charge is 2.45. The Kier molecular flexibility index (Phi) is 4.01. The summed E-state index contributed by atoms with van der Waals surface area (Å²) in [6, 6.07) is 0. The van der Waals surface area contributed by atoms with Crippen LogP contribution in [0.4, 0.5) is 14.7 Å². The molecule has 7 nitrogen and oxygen atoms in total. The second-order valence-electron chi connectivity index (χ2n) is 6.82. The van der Waals surface area contributed by atoms with Crippen molar-refractivity contribution in [1.29, 1.82) is 0 Å². The Balaban J connectivity index is 1.45. The standard InChI is InChI=1S/C17H18F2N6O/c18-17(19)2-1-5-25(10-17)14(26)12-6-22-15(23-7-12)24-16(3-4-16)13-8-20-11-21-9-13/h6-9,11H,1-5,10H2,(H,22,23,24). The minimum absolute atomic E-state index is 0.179. The number of nitrogens with one attached hydrogen (secondary N) is 1. The molecule has 0 bridgehead atoms. The average molecular weight is 360 g/mol. The number of aromatic nitrogens is 4. The van der Waals surface area contributed by atoms with Crippen molar-refractivity contribution in [3.05, 3.63) is 42.2 Å². The van der Waals surface area contributed by atoms with Gasteiger partial charge in [-0.25, -0.2) is 28.7 Å². The van der Waals surface area contributed by atoms with Crippen molar-refractivity contribution in [3.63, 3.8) is 0 Å². The van der Waals surface area contributed by atoms with E-state index in [1.807, 2.05) is 0 Å². The van der Waals surface area contributed by atoms with E-state index in [2.05, 4.69) is 25.3 Å². The van der Waals surface area contributed by atoms with E-state index < -0.39 is 18.4 Å². The summed E-state index contributed by atoms with van der Waals surface area (Å²) in [5.74, 6) is -2.91. The van der Waals surface area contributed by atoms with Crippen LogP contribution < -0.4 is 5.32 Å². The van der Waals surface area contributed by atoms with Gasteiger partial charge in [-0.05, 0) is 19.3 Å². The van der Waals surface area contributed by atoms with Crippen LogP contribution in [0.15, 0.2) is 31.1 Å². The number of amides is 1. The van der Waals surface area contributed by atoms with Gasteiger partial charge in [-0.3, -0.25) is 4.79 Å². The number of halogens is 2. The normalized spacial score (nSPS) is 20.5. The topological polar surface area (TPSA) is 83.9 Å². The van der Waals surface area contributed by atoms with Crippen molar-refractivity contribution in [2.45, 2.75) is 37.1 Å². The Bertz CT molecular complexity index is 795. The van der Waals surface area contributed by atoms with Gasteiger partial charge >= 0.3 is 0 Å². The first kappa shape index (κ1) is 16.7. The molecule has 0 unspecified atom stereocenters. The molecule has 2 aromatic rings. The van der Waals surface area contributed by atoms with E-state index in [4.69, 9.17) is 0 Å². The van der Waals surface area contributed by atoms with Crippen molar-refractivity contribution >= 4 is 11.9 Å². The van der Waals surface area contributed by atoms with Crippen LogP contribution in [0.1, 0.15) is 41.6 Å². The highest BCUT2D eigenvalue weighted by Crippen LogP contribution is 2.47. The molecule has 0 aromatic carbocycles. The highest BCUT2D eigenvalue weighted by atomic mass is 19.3. The minimum atomic E-state index is -2.83. The van der Waals surface area contributed by atoms with Gasteiger partial charge in [-0.2, -0.15) is 0 Å². The van der Waals surface area contributed by atoms with Crippen LogP contribution in [0, 0.1) is 0 Å². The largest absolute Gasteiger partial charge is 0.345 e. The number of alkyl halides is 2. The molecule has 2 fully saturated rings. The summed E-state index contributed by atoms with van der Waals surface area (Å²) in [4.78, 5) is 30.0. The summed E-state index contributed by atoms with van der Waals surface area (Å²) in [6.07, 6.45) is 9.66. The molecule has 0 spiro atoms. The lowest BCUT2D eigenvalue weighted by atomic mass is 10.1. The lowest BCUT2D eigenvalue weighted by molar-refractivity contribution is -0.0560. The lowest BCUT2D eigenvalue weighted by Gasteiger charge is -2.32. The molecule has 1 N–H and O–H groups in total. The first-order chi connectivity index (χ1) is 12.5. The van der Waals surface area contributed by atoms with E-state index in [9.17, 15) is 13.6 Å². The third-order valence-electron chi connectivity index (χ3n) is 4.79. The maximum atomic E-state index is 13.5. The summed E-state index contributed by atoms with van der Waals surface area (Å²) >= 11 is 0. The van der Waals surface area contributed by atoms with Gasteiger partial charge in [-0.15, -0.1) is 0 Å². The van der Waals surface area contributed by atoms with Crippen molar-refractivity contribution in [2.75, 3.05) is 18.4 Å². The number of piperidine rings is 1. The van der Waals surface area contributed by atoms with Gasteiger partial charge < -0.3 is 10.2 Å². The van der Waals surface area contributed by atoms with Gasteiger partial charge in [0.25, 0.3) is 11.8 Å². The van der Waals surface area contributed by atoms with Gasteiger partial charge in [0.1, 0.15) is 6.33 Å². The van der Waals surface area contributed by atoms with E-state index in [-0.39, 0.29) is 17.5 Å². The molecule has 3 heterocycles. The molecule has 1 saturated heterocycles. The van der Waals surface area contributed by atoms with Crippen LogP contribution in [0.2, 0.25) is 0 Å². The fourth-order valence-electron chi connectivity index (χ4n) is 3.20. The summed E-state index contributed by atoms with van der Waals surface area (Å²) < 4.78 is 27.0. The Labute approximate surface area is 148 Å². The maximum absolute atomic E-state index is 13.5. The smallest absolute Gasteiger partial charge is 0.265 e. The van der Waals surface area contributed by atoms with Gasteiger partial charge in [-0.1, -0.05) is 0 Å². The predicted octanol–water partition coefficient (Wildman–Crippen LogP) is 2.24. The molecule has 136 valence electrons. The maximum Gasteiger partial charge on any atom is 0.265 e. The van der Waals surface area contributed by atoms with Crippen LogP contribution in [0.25, 0.3) is 0 Å². The fraction of sp³-hybridized carbons (Fsp3) is 0.471. The Morgan fingerprint density at radius 1 is 1.08 bits per heavy atom. The Morgan fingerprint density at radius 2 is 1.77 bits per heavy atom. The van der Waals surface area contributed by atoms with Crippen molar-refractivity contribution in [2.24, 2.45) is 0 Å². The number of anilines is 1. The first-order valence-corrected chi connectivity index (χ1v) is 8.50. The summed E-state index contributed by atoms with van der Waals surface area (Å²) in [5, 5.41) is 3.26. The fourth-order valence-corrected chi connectivity index (χ4v) is 3.20. The average Bonchev–Trinajstić information content (AvgIpc) is 3.42. The number of rotatable bonds is 4. The third-order valence-corrected chi connectivity index (χ3v) is 4.79. The third kappa shape index (κ3) is 3.33. The number of hydrogen-bond donors (Lipinski definition) is 1. The number of likely N-dealkylation sites (tertiary alicyclic amines) is 1. The molecule has 2 aromatic heterocycles. The second-order valence-corrected chi connectivity index (χ2v) is 6.82. The van der Waals surface area contributed by atoms with Crippen LogP contribution >= 0.6 is 0 Å². The van der Waals surface area contributed by atoms with E-state index in [0.717, 1.165) is 18.4 Å². The number of hydrogen-bond acceptors (Lipinski definition) is 6. The van der Waals surface area contributed by atoms with Crippen molar-refractivity contribution in [1.82, 2.24) is 24.8 Å². The zero-order valence-corrected chi connectivity index (χ0v) is 14.0. The van der Waals surface area contributed by atoms with Gasteiger partial charge in [0.15, 0.2) is 0 Å². The van der Waals surface area contributed by atoms with Gasteiger partial charge in [0, 0.05) is 43.3 Å². The van der Waals surface area contributed by atoms with E-state index in [1.165, 1.54) is 23.6 Å². The zero-order valence-electron chi connectivity index (χ0n) is 14.0. The van der Waals surface area contributed by atoms with Crippen LogP contribution in [-0.4, -0.2) is 49.8 Å². The van der Waals surface area contributed by atoms with E-state index in [1.54, 1.807) is 12.4 Å². The van der Waals surface area contributed by atoms with Crippen LogP contribution in [-0.2, 0) is 5.54 Å². The zero-order chi connectivity index (χ0) is 18.2. The molecule has 26 heavy (non-hydrogen) atoms. The van der Waals surface area contributed by atoms with Gasteiger partial charge in [0.05, 0.1) is 17.6 Å². The molecular weight excluding hydrogens is 342 g/mol. The van der Waals surface area contributed by atoms with E-state index in [0.29, 0.717) is 18.9 Å². The molecular formula is C17H18F2N6O. The summed E-state index contributed by atoms with van der Waals surface area (Å²) in [6.45, 7) is -0.228. The SMILES string of the molecule is O=C(c1cnc(NC2(c3cncnc3)CC2)nc1)N1CCCC(F)(F)C1. The molecule has 9 heteroatoms. The van der Waals surface area contributed by atoms with Crippen LogP contribution in [0.5, 0.6) is 0 Å². The molecule has 1 aliphatic heterocycles. The van der Waals surface area contributed by atoms with E-state index >= 15 is 0 Å². The molecule has 4 rings (SSSR count). The molecule has 1 saturated carbocycles. The van der Waals surface area contributed by atoms with Crippen molar-refractivity contribution < 1.29 is 13.6 Å². The van der Waals surface area contributed by atoms with Crippen molar-refractivity contribution in [3.8, 4) is 0 Å². The molecule has 0 radical (unpaired) electrons. The second kappa shape index (κ2) is 6.22. The molecule has 2 aliphatic rings. The monoisotopic (exact) mass is 360 g/mol. The summed E-state index contributed by atoms with van der Waals surface area (Å²) in [7, 11) is 0. The molecule has 1 amide bonds. The first-order valence-electron chi connectivity index (χ1n) is 8.50. The summed E-state index contributed by atoms with van der Waals surface area (Å²) in [5.41, 5.74) is 0.891. The molecule has 0 atom stereocenters. The number of nitrogens with zero attached hydrogens (tertiary/aromatic N) is 5.